The number of hydrogen-bond acceptors (Lipinski definition) is 5. The van der Waals surface area contributed by atoms with Gasteiger partial charge in [0, 0.05) is 38.2 Å². The fraction of sp³-hybridized carbons (Fsp3) is 0.750. The molecule has 0 amide bonds. The molecule has 5 nitrogen and oxygen atoms in total. The van der Waals surface area contributed by atoms with Gasteiger partial charge in [0.15, 0.2) is 0 Å². The number of aromatic nitrogens is 2. The summed E-state index contributed by atoms with van der Waals surface area (Å²) in [7, 11) is 0. The van der Waals surface area contributed by atoms with Gasteiger partial charge in [-0.1, -0.05) is 0 Å². The predicted molar refractivity (Wildman–Crippen MR) is 80.6 cm³/mol. The third-order valence-electron chi connectivity index (χ3n) is 4.23. The van der Waals surface area contributed by atoms with Crippen molar-refractivity contribution in [2.24, 2.45) is 5.92 Å². The second-order valence-corrected chi connectivity index (χ2v) is 6.30. The molecule has 0 aliphatic carbocycles. The minimum absolute atomic E-state index is 0.152. The van der Waals surface area contributed by atoms with E-state index in [9.17, 15) is 0 Å². The van der Waals surface area contributed by atoms with E-state index in [-0.39, 0.29) is 6.10 Å². The zero-order valence-electron chi connectivity index (χ0n) is 13.0. The molecule has 116 valence electrons. The molecule has 1 atom stereocenters. The molecule has 2 aliphatic rings. The Hall–Kier alpha value is -1.20. The summed E-state index contributed by atoms with van der Waals surface area (Å²) in [5.74, 6) is 1.48. The van der Waals surface area contributed by atoms with Crippen LogP contribution in [0.5, 0.6) is 5.88 Å². The molecule has 3 heterocycles. The lowest BCUT2D eigenvalue weighted by atomic mass is 10.1. The van der Waals surface area contributed by atoms with Gasteiger partial charge in [-0.15, -0.1) is 0 Å². The molecule has 0 spiro atoms. The number of ether oxygens (including phenoxy) is 2. The summed E-state index contributed by atoms with van der Waals surface area (Å²) < 4.78 is 11.3. The van der Waals surface area contributed by atoms with Crippen molar-refractivity contribution < 1.29 is 9.47 Å². The van der Waals surface area contributed by atoms with Crippen LogP contribution in [0, 0.1) is 5.92 Å². The van der Waals surface area contributed by atoms with E-state index in [0.29, 0.717) is 5.92 Å². The first-order chi connectivity index (χ1) is 10.2. The van der Waals surface area contributed by atoms with Gasteiger partial charge in [0.2, 0.25) is 5.88 Å². The molecule has 1 aromatic heterocycles. The molecule has 0 bridgehead atoms. The van der Waals surface area contributed by atoms with Crippen LogP contribution in [0.25, 0.3) is 0 Å². The highest BCUT2D eigenvalue weighted by Gasteiger charge is 2.23. The predicted octanol–water partition coefficient (Wildman–Crippen LogP) is 1.70. The van der Waals surface area contributed by atoms with Crippen molar-refractivity contribution in [1.29, 1.82) is 0 Å². The molecule has 0 radical (unpaired) electrons. The molecule has 5 heteroatoms. The number of rotatable bonds is 4. The van der Waals surface area contributed by atoms with Gasteiger partial charge in [-0.3, -0.25) is 0 Å². The van der Waals surface area contributed by atoms with Gasteiger partial charge >= 0.3 is 0 Å². The van der Waals surface area contributed by atoms with Crippen LogP contribution in [0.3, 0.4) is 0 Å². The van der Waals surface area contributed by atoms with Crippen molar-refractivity contribution in [2.75, 3.05) is 32.8 Å². The van der Waals surface area contributed by atoms with Crippen LogP contribution in [0.2, 0.25) is 0 Å². The molecule has 0 saturated carbocycles. The molecule has 2 aliphatic heterocycles. The van der Waals surface area contributed by atoms with Crippen LogP contribution in [-0.2, 0) is 17.6 Å². The summed E-state index contributed by atoms with van der Waals surface area (Å²) >= 11 is 0. The minimum Gasteiger partial charge on any atom is -0.475 e. The molecule has 21 heavy (non-hydrogen) atoms. The Kier molecular flexibility index (Phi) is 4.70. The fourth-order valence-electron chi connectivity index (χ4n) is 3.14. The zero-order valence-corrected chi connectivity index (χ0v) is 13.0. The van der Waals surface area contributed by atoms with E-state index in [4.69, 9.17) is 9.47 Å². The van der Waals surface area contributed by atoms with Gasteiger partial charge in [-0.2, -0.15) is 0 Å². The summed E-state index contributed by atoms with van der Waals surface area (Å²) in [6.45, 7) is 9.20. The Morgan fingerprint density at radius 3 is 2.95 bits per heavy atom. The highest BCUT2D eigenvalue weighted by atomic mass is 16.5. The summed E-state index contributed by atoms with van der Waals surface area (Å²) in [5, 5.41) is 0. The molecule has 1 saturated heterocycles. The maximum atomic E-state index is 5.85. The van der Waals surface area contributed by atoms with Crippen molar-refractivity contribution in [2.45, 2.75) is 39.2 Å². The standard InChI is InChI=1S/C16H25N3O2/c1-12(2)21-16-14-3-6-19(9-13-5-8-20-10-13)7-4-15(14)17-11-18-16/h11-13H,3-10H2,1-2H3/t13-/m0/s1. The SMILES string of the molecule is CC(C)Oc1ncnc2c1CCN(C[C@@H]1CCOC1)CC2. The van der Waals surface area contributed by atoms with Gasteiger partial charge in [0.05, 0.1) is 18.4 Å². The van der Waals surface area contributed by atoms with E-state index < -0.39 is 0 Å². The number of hydrogen-bond donors (Lipinski definition) is 0. The van der Waals surface area contributed by atoms with E-state index >= 15 is 0 Å². The summed E-state index contributed by atoms with van der Waals surface area (Å²) in [6, 6.07) is 0. The number of fused-ring (bicyclic) bond motifs is 1. The van der Waals surface area contributed by atoms with Crippen LogP contribution >= 0.6 is 0 Å². The van der Waals surface area contributed by atoms with Crippen molar-refractivity contribution in [3.05, 3.63) is 17.6 Å². The molecule has 1 fully saturated rings. The van der Waals surface area contributed by atoms with E-state index in [0.717, 1.165) is 57.3 Å². The lowest BCUT2D eigenvalue weighted by molar-refractivity contribution is 0.168. The third kappa shape index (κ3) is 3.71. The molecule has 0 aromatic carbocycles. The molecule has 0 N–H and O–H groups in total. The Balaban J connectivity index is 1.67. The number of nitrogens with zero attached hydrogens (tertiary/aromatic N) is 3. The second kappa shape index (κ2) is 6.71. The van der Waals surface area contributed by atoms with Gasteiger partial charge in [0.1, 0.15) is 6.33 Å². The van der Waals surface area contributed by atoms with E-state index in [1.165, 1.54) is 12.0 Å². The van der Waals surface area contributed by atoms with Crippen LogP contribution in [0.4, 0.5) is 0 Å². The largest absolute Gasteiger partial charge is 0.475 e. The second-order valence-electron chi connectivity index (χ2n) is 6.30. The van der Waals surface area contributed by atoms with E-state index in [2.05, 4.69) is 14.9 Å². The van der Waals surface area contributed by atoms with Crippen LogP contribution in [-0.4, -0.2) is 53.8 Å². The highest BCUT2D eigenvalue weighted by Crippen LogP contribution is 2.24. The van der Waals surface area contributed by atoms with Gasteiger partial charge in [-0.25, -0.2) is 9.97 Å². The smallest absolute Gasteiger partial charge is 0.220 e. The topological polar surface area (TPSA) is 47.5 Å². The maximum absolute atomic E-state index is 5.85. The normalized spacial score (nSPS) is 23.1. The van der Waals surface area contributed by atoms with Gasteiger partial charge in [0.25, 0.3) is 0 Å². The summed E-state index contributed by atoms with van der Waals surface area (Å²) in [4.78, 5) is 11.3. The van der Waals surface area contributed by atoms with Crippen molar-refractivity contribution >= 4 is 0 Å². The zero-order chi connectivity index (χ0) is 14.7. The van der Waals surface area contributed by atoms with E-state index in [1.54, 1.807) is 6.33 Å². The van der Waals surface area contributed by atoms with Gasteiger partial charge < -0.3 is 14.4 Å². The van der Waals surface area contributed by atoms with Crippen molar-refractivity contribution in [1.82, 2.24) is 14.9 Å². The maximum Gasteiger partial charge on any atom is 0.220 e. The average molecular weight is 291 g/mol. The lowest BCUT2D eigenvalue weighted by Gasteiger charge is -2.22. The first kappa shape index (κ1) is 14.7. The highest BCUT2D eigenvalue weighted by molar-refractivity contribution is 5.31. The Morgan fingerprint density at radius 1 is 1.33 bits per heavy atom. The van der Waals surface area contributed by atoms with Crippen molar-refractivity contribution in [3.63, 3.8) is 0 Å². The first-order valence-corrected chi connectivity index (χ1v) is 8.02. The van der Waals surface area contributed by atoms with Crippen molar-refractivity contribution in [3.8, 4) is 5.88 Å². The van der Waals surface area contributed by atoms with Crippen LogP contribution in [0.15, 0.2) is 6.33 Å². The van der Waals surface area contributed by atoms with E-state index in [1.807, 2.05) is 13.8 Å². The van der Waals surface area contributed by atoms with Crippen LogP contribution < -0.4 is 4.74 Å². The first-order valence-electron chi connectivity index (χ1n) is 8.02. The Labute approximate surface area is 126 Å². The molecular formula is C16H25N3O2. The molecule has 0 unspecified atom stereocenters. The average Bonchev–Trinajstić information content (AvgIpc) is 2.86. The third-order valence-corrected chi connectivity index (χ3v) is 4.23. The Morgan fingerprint density at radius 2 is 2.19 bits per heavy atom. The minimum atomic E-state index is 0.152. The van der Waals surface area contributed by atoms with Crippen LogP contribution in [0.1, 0.15) is 31.5 Å². The van der Waals surface area contributed by atoms with Gasteiger partial charge in [-0.05, 0) is 32.6 Å². The molecular weight excluding hydrogens is 266 g/mol. The molecule has 3 rings (SSSR count). The summed E-state index contributed by atoms with van der Waals surface area (Å²) in [6.07, 6.45) is 4.95. The summed E-state index contributed by atoms with van der Waals surface area (Å²) in [5.41, 5.74) is 2.36. The molecule has 1 aromatic rings. The fourth-order valence-corrected chi connectivity index (χ4v) is 3.14. The lowest BCUT2D eigenvalue weighted by Crippen LogP contribution is -2.32. The Bertz CT molecular complexity index is 473. The quantitative estimate of drug-likeness (QED) is 0.845. The monoisotopic (exact) mass is 291 g/mol.